The van der Waals surface area contributed by atoms with Crippen LogP contribution < -0.4 is 5.56 Å². The van der Waals surface area contributed by atoms with E-state index in [4.69, 9.17) is 0 Å². The fraction of sp³-hybridized carbons (Fsp3) is 0.529. The molecule has 0 spiro atoms. The van der Waals surface area contributed by atoms with E-state index in [-0.39, 0.29) is 17.2 Å². The molecule has 1 atom stereocenters. The Morgan fingerprint density at radius 2 is 2.22 bits per heavy atom. The van der Waals surface area contributed by atoms with Crippen LogP contribution >= 0.6 is 11.3 Å². The molecule has 6 heteroatoms. The van der Waals surface area contributed by atoms with Crippen LogP contribution in [0.1, 0.15) is 61.2 Å². The van der Waals surface area contributed by atoms with Gasteiger partial charge in [0.25, 0.3) is 5.56 Å². The normalized spacial score (nSPS) is 15.1. The minimum Gasteiger partial charge on any atom is -0.308 e. The predicted molar refractivity (Wildman–Crippen MR) is 89.8 cm³/mol. The van der Waals surface area contributed by atoms with Gasteiger partial charge in [0.2, 0.25) is 0 Å². The van der Waals surface area contributed by atoms with E-state index in [0.717, 1.165) is 44.1 Å². The second-order valence-corrected chi connectivity index (χ2v) is 7.06. The summed E-state index contributed by atoms with van der Waals surface area (Å²) in [6.45, 7) is 2.00. The van der Waals surface area contributed by atoms with Crippen molar-refractivity contribution in [1.82, 2.24) is 9.97 Å². The number of nitrogens with zero attached hydrogens (tertiary/aromatic N) is 2. The van der Waals surface area contributed by atoms with E-state index >= 15 is 0 Å². The molecule has 1 aliphatic carbocycles. The number of aryl methyl sites for hydroxylation is 2. The molecule has 0 amide bonds. The van der Waals surface area contributed by atoms with Crippen molar-refractivity contribution in [2.24, 2.45) is 0 Å². The molecule has 120 valence electrons. The summed E-state index contributed by atoms with van der Waals surface area (Å²) in [4.78, 5) is 33.7. The Balaban J connectivity index is 2.04. The number of H-pyrrole nitrogens is 1. The van der Waals surface area contributed by atoms with Gasteiger partial charge in [-0.2, -0.15) is 5.26 Å². The van der Waals surface area contributed by atoms with E-state index in [1.165, 1.54) is 16.2 Å². The summed E-state index contributed by atoms with van der Waals surface area (Å²) in [7, 11) is 0. The zero-order valence-corrected chi connectivity index (χ0v) is 14.0. The summed E-state index contributed by atoms with van der Waals surface area (Å²) < 4.78 is 0. The lowest BCUT2D eigenvalue weighted by molar-refractivity contribution is -0.119. The van der Waals surface area contributed by atoms with Gasteiger partial charge in [-0.15, -0.1) is 11.3 Å². The van der Waals surface area contributed by atoms with Gasteiger partial charge in [-0.3, -0.25) is 9.59 Å². The molecule has 1 N–H and O–H groups in total. The number of Topliss-reactive ketones (excluding diaryl/α,β-unsaturated/α-hetero) is 1. The molecule has 1 unspecified atom stereocenters. The molecule has 0 radical (unpaired) electrons. The summed E-state index contributed by atoms with van der Waals surface area (Å²) in [5.74, 6) is -0.944. The predicted octanol–water partition coefficient (Wildman–Crippen LogP) is 3.23. The molecule has 0 saturated carbocycles. The Bertz CT molecular complexity index is 844. The van der Waals surface area contributed by atoms with Crippen LogP contribution in [0.2, 0.25) is 0 Å². The smallest absolute Gasteiger partial charge is 0.259 e. The van der Waals surface area contributed by atoms with Gasteiger partial charge >= 0.3 is 0 Å². The zero-order valence-electron chi connectivity index (χ0n) is 13.1. The highest BCUT2D eigenvalue weighted by molar-refractivity contribution is 7.18. The number of unbranched alkanes of at least 4 members (excludes halogenated alkanes) is 1. The third-order valence-corrected chi connectivity index (χ3v) is 5.53. The summed E-state index contributed by atoms with van der Waals surface area (Å²) in [6, 6.07) is 2.00. The molecule has 1 aliphatic rings. The average Bonchev–Trinajstić information content (AvgIpc) is 2.92. The number of thiophene rings is 1. The molecule has 2 heterocycles. The van der Waals surface area contributed by atoms with Crippen LogP contribution in [0.25, 0.3) is 10.2 Å². The van der Waals surface area contributed by atoms with Gasteiger partial charge in [0.05, 0.1) is 11.5 Å². The van der Waals surface area contributed by atoms with Crippen molar-refractivity contribution < 1.29 is 4.79 Å². The van der Waals surface area contributed by atoms with E-state index in [0.29, 0.717) is 16.6 Å². The number of fused-ring (bicyclic) bond motifs is 3. The molecule has 3 rings (SSSR count). The second-order valence-electron chi connectivity index (χ2n) is 5.97. The maximum atomic E-state index is 12.5. The highest BCUT2D eigenvalue weighted by atomic mass is 32.1. The number of hydrogen-bond acceptors (Lipinski definition) is 5. The number of nitriles is 1. The molecular weight excluding hydrogens is 310 g/mol. The molecule has 0 aliphatic heterocycles. The SMILES string of the molecule is CCCCC(=O)C(C#N)c1nc2sc3c(c2c(=O)[nH]1)CCCC3. The van der Waals surface area contributed by atoms with Crippen LogP contribution in [0.15, 0.2) is 4.79 Å². The van der Waals surface area contributed by atoms with Gasteiger partial charge in [-0.25, -0.2) is 4.98 Å². The van der Waals surface area contributed by atoms with Gasteiger partial charge in [0.1, 0.15) is 10.7 Å². The first-order valence-corrected chi connectivity index (χ1v) is 8.94. The topological polar surface area (TPSA) is 86.6 Å². The Morgan fingerprint density at radius 1 is 1.43 bits per heavy atom. The van der Waals surface area contributed by atoms with E-state index in [9.17, 15) is 14.9 Å². The van der Waals surface area contributed by atoms with Crippen molar-refractivity contribution >= 4 is 27.3 Å². The number of rotatable bonds is 5. The monoisotopic (exact) mass is 329 g/mol. The van der Waals surface area contributed by atoms with Crippen LogP contribution in [-0.2, 0) is 17.6 Å². The molecule has 2 aromatic heterocycles. The van der Waals surface area contributed by atoms with E-state index in [2.05, 4.69) is 9.97 Å². The maximum absolute atomic E-state index is 12.5. The number of aromatic nitrogens is 2. The molecule has 5 nitrogen and oxygen atoms in total. The van der Waals surface area contributed by atoms with Crippen LogP contribution in [-0.4, -0.2) is 15.8 Å². The summed E-state index contributed by atoms with van der Waals surface area (Å²) in [5.41, 5.74) is 0.898. The lowest BCUT2D eigenvalue weighted by atomic mass is 9.97. The lowest BCUT2D eigenvalue weighted by Gasteiger charge is -2.10. The van der Waals surface area contributed by atoms with Crippen LogP contribution in [0.5, 0.6) is 0 Å². The van der Waals surface area contributed by atoms with Gasteiger partial charge in [-0.1, -0.05) is 13.3 Å². The number of carbonyl (C=O) groups excluding carboxylic acids is 1. The molecular formula is C17H19N3O2S. The average molecular weight is 329 g/mol. The van der Waals surface area contributed by atoms with Crippen molar-refractivity contribution in [1.29, 1.82) is 5.26 Å². The second kappa shape index (κ2) is 6.63. The van der Waals surface area contributed by atoms with E-state index in [1.54, 1.807) is 0 Å². The van der Waals surface area contributed by atoms with Crippen LogP contribution in [0, 0.1) is 11.3 Å². The van der Waals surface area contributed by atoms with Crippen LogP contribution in [0.3, 0.4) is 0 Å². The third kappa shape index (κ3) is 2.93. The Kier molecular flexibility index (Phi) is 4.58. The van der Waals surface area contributed by atoms with Crippen LogP contribution in [0.4, 0.5) is 0 Å². The van der Waals surface area contributed by atoms with Crippen molar-refractivity contribution in [2.45, 2.75) is 57.8 Å². The van der Waals surface area contributed by atoms with Gasteiger partial charge in [0.15, 0.2) is 11.7 Å². The lowest BCUT2D eigenvalue weighted by Crippen LogP contribution is -2.19. The number of ketones is 1. The Hall–Kier alpha value is -2.00. The van der Waals surface area contributed by atoms with E-state index < -0.39 is 5.92 Å². The summed E-state index contributed by atoms with van der Waals surface area (Å²) in [5, 5.41) is 10.0. The quantitative estimate of drug-likeness (QED) is 0.912. The third-order valence-electron chi connectivity index (χ3n) is 4.34. The standard InChI is InChI=1S/C17H19N3O2S/c1-2-3-7-12(21)11(9-18)15-19-16(22)14-10-6-4-5-8-13(10)23-17(14)20-15/h11H,2-8H2,1H3,(H,19,20,22). The van der Waals surface area contributed by atoms with Gasteiger partial charge in [0, 0.05) is 11.3 Å². The Labute approximate surface area is 138 Å². The van der Waals surface area contributed by atoms with Crippen molar-refractivity contribution in [3.8, 4) is 6.07 Å². The minimum absolute atomic E-state index is 0.168. The fourth-order valence-electron chi connectivity index (χ4n) is 3.10. The van der Waals surface area contributed by atoms with Gasteiger partial charge < -0.3 is 4.98 Å². The Morgan fingerprint density at radius 3 is 2.96 bits per heavy atom. The largest absolute Gasteiger partial charge is 0.308 e. The molecule has 0 aromatic carbocycles. The summed E-state index contributed by atoms with van der Waals surface area (Å²) >= 11 is 1.53. The fourth-order valence-corrected chi connectivity index (χ4v) is 4.37. The highest BCUT2D eigenvalue weighted by Gasteiger charge is 2.25. The van der Waals surface area contributed by atoms with Crippen molar-refractivity contribution in [2.75, 3.05) is 0 Å². The maximum Gasteiger partial charge on any atom is 0.259 e. The highest BCUT2D eigenvalue weighted by Crippen LogP contribution is 2.34. The first-order valence-electron chi connectivity index (χ1n) is 8.12. The molecule has 23 heavy (non-hydrogen) atoms. The summed E-state index contributed by atoms with van der Waals surface area (Å²) in [6.07, 6.45) is 6.12. The number of nitrogens with one attached hydrogen (secondary N) is 1. The molecule has 0 saturated heterocycles. The first kappa shape index (κ1) is 15.9. The van der Waals surface area contributed by atoms with Crippen molar-refractivity contribution in [3.05, 3.63) is 26.6 Å². The minimum atomic E-state index is -0.974. The number of aromatic amines is 1. The molecule has 0 bridgehead atoms. The zero-order chi connectivity index (χ0) is 16.4. The van der Waals surface area contributed by atoms with E-state index in [1.807, 2.05) is 13.0 Å². The molecule has 2 aromatic rings. The number of hydrogen-bond donors (Lipinski definition) is 1. The first-order chi connectivity index (χ1) is 11.2. The molecule has 0 fully saturated rings. The van der Waals surface area contributed by atoms with Crippen molar-refractivity contribution in [3.63, 3.8) is 0 Å². The number of carbonyl (C=O) groups is 1. The van der Waals surface area contributed by atoms with Gasteiger partial charge in [-0.05, 0) is 37.7 Å².